The molecule has 0 amide bonds. The van der Waals surface area contributed by atoms with Crippen molar-refractivity contribution in [2.75, 3.05) is 6.61 Å². The van der Waals surface area contributed by atoms with E-state index in [1.807, 2.05) is 0 Å². The molecule has 0 aliphatic carbocycles. The number of aliphatic hydroxyl groups is 3. The molecule has 1 aromatic rings. The van der Waals surface area contributed by atoms with Gasteiger partial charge in [-0.25, -0.2) is 4.39 Å². The molecule has 72 valence electrons. The molecule has 0 saturated carbocycles. The molecule has 0 aromatic carbocycles. The monoisotopic (exact) mass is 187 g/mol. The van der Waals surface area contributed by atoms with Crippen molar-refractivity contribution in [1.82, 2.24) is 4.98 Å². The molecule has 0 radical (unpaired) electrons. The van der Waals surface area contributed by atoms with Crippen LogP contribution in [0.3, 0.4) is 0 Å². The van der Waals surface area contributed by atoms with Gasteiger partial charge in [-0.15, -0.1) is 0 Å². The van der Waals surface area contributed by atoms with Crippen LogP contribution in [0.5, 0.6) is 0 Å². The van der Waals surface area contributed by atoms with Gasteiger partial charge in [0.2, 0.25) is 0 Å². The van der Waals surface area contributed by atoms with Crippen molar-refractivity contribution in [3.63, 3.8) is 0 Å². The van der Waals surface area contributed by atoms with Crippen LogP contribution in [-0.2, 0) is 0 Å². The summed E-state index contributed by atoms with van der Waals surface area (Å²) in [5, 5.41) is 26.8. The third-order valence-electron chi connectivity index (χ3n) is 1.67. The lowest BCUT2D eigenvalue weighted by Crippen LogP contribution is -2.22. The maximum Gasteiger partial charge on any atom is 0.147 e. The molecule has 0 aliphatic rings. The molecule has 5 heteroatoms. The van der Waals surface area contributed by atoms with Gasteiger partial charge in [-0.05, 0) is 6.07 Å². The van der Waals surface area contributed by atoms with E-state index in [0.717, 1.165) is 6.20 Å². The zero-order chi connectivity index (χ0) is 9.84. The number of hydrogen-bond acceptors (Lipinski definition) is 4. The fourth-order valence-electron chi connectivity index (χ4n) is 0.933. The molecule has 0 spiro atoms. The first-order chi connectivity index (χ1) is 6.16. The van der Waals surface area contributed by atoms with Crippen LogP contribution in [0.1, 0.15) is 11.7 Å². The van der Waals surface area contributed by atoms with Gasteiger partial charge >= 0.3 is 0 Å². The summed E-state index contributed by atoms with van der Waals surface area (Å²) >= 11 is 0. The lowest BCUT2D eigenvalue weighted by molar-refractivity contribution is -0.0168. The van der Waals surface area contributed by atoms with Crippen molar-refractivity contribution >= 4 is 0 Å². The van der Waals surface area contributed by atoms with E-state index in [1.54, 1.807) is 0 Å². The molecule has 0 saturated heterocycles. The van der Waals surface area contributed by atoms with E-state index in [4.69, 9.17) is 10.2 Å². The van der Waals surface area contributed by atoms with E-state index in [-0.39, 0.29) is 5.56 Å². The van der Waals surface area contributed by atoms with Crippen LogP contribution in [0, 0.1) is 5.82 Å². The summed E-state index contributed by atoms with van der Waals surface area (Å²) in [6.45, 7) is -0.622. The van der Waals surface area contributed by atoms with Gasteiger partial charge in [0.15, 0.2) is 0 Å². The minimum atomic E-state index is -1.42. The molecule has 0 bridgehead atoms. The normalized spacial score (nSPS) is 15.4. The molecule has 1 heterocycles. The fraction of sp³-hybridized carbons (Fsp3) is 0.375. The Morgan fingerprint density at radius 1 is 1.46 bits per heavy atom. The van der Waals surface area contributed by atoms with Gasteiger partial charge in [-0.1, -0.05) is 0 Å². The number of pyridine rings is 1. The predicted octanol–water partition coefficient (Wildman–Crippen LogP) is -0.393. The smallest absolute Gasteiger partial charge is 0.147 e. The highest BCUT2D eigenvalue weighted by Gasteiger charge is 2.20. The van der Waals surface area contributed by atoms with Crippen molar-refractivity contribution in [3.05, 3.63) is 29.8 Å². The molecule has 4 nitrogen and oxygen atoms in total. The van der Waals surface area contributed by atoms with E-state index in [2.05, 4.69) is 4.98 Å². The third-order valence-corrected chi connectivity index (χ3v) is 1.67. The summed E-state index contributed by atoms with van der Waals surface area (Å²) in [6, 6.07) is 1.25. The van der Waals surface area contributed by atoms with Crippen molar-refractivity contribution in [3.8, 4) is 0 Å². The van der Waals surface area contributed by atoms with Crippen LogP contribution in [-0.4, -0.2) is 33.0 Å². The Balaban J connectivity index is 2.88. The number of hydrogen-bond donors (Lipinski definition) is 3. The third kappa shape index (κ3) is 2.21. The van der Waals surface area contributed by atoms with Gasteiger partial charge in [-0.3, -0.25) is 4.98 Å². The topological polar surface area (TPSA) is 73.6 Å². The maximum absolute atomic E-state index is 12.9. The number of aromatic nitrogens is 1. The van der Waals surface area contributed by atoms with Gasteiger partial charge in [0.25, 0.3) is 0 Å². The lowest BCUT2D eigenvalue weighted by Gasteiger charge is -2.15. The zero-order valence-electron chi connectivity index (χ0n) is 6.76. The molecule has 0 fully saturated rings. The van der Waals surface area contributed by atoms with Crippen molar-refractivity contribution in [2.24, 2.45) is 0 Å². The zero-order valence-corrected chi connectivity index (χ0v) is 6.76. The highest BCUT2D eigenvalue weighted by molar-refractivity contribution is 5.16. The van der Waals surface area contributed by atoms with E-state index in [9.17, 15) is 9.50 Å². The molecule has 1 aromatic heterocycles. The maximum atomic E-state index is 12.9. The number of aliphatic hydroxyl groups excluding tert-OH is 3. The first kappa shape index (κ1) is 10.0. The van der Waals surface area contributed by atoms with Gasteiger partial charge in [-0.2, -0.15) is 0 Å². The second-order valence-electron chi connectivity index (χ2n) is 2.59. The summed E-state index contributed by atoms with van der Waals surface area (Å²) in [6.07, 6.45) is -0.570. The largest absolute Gasteiger partial charge is 0.394 e. The number of halogens is 1. The molecule has 2 unspecified atom stereocenters. The van der Waals surface area contributed by atoms with Gasteiger partial charge in [0, 0.05) is 11.8 Å². The first-order valence-corrected chi connectivity index (χ1v) is 3.73. The Labute approximate surface area is 74.3 Å². The standard InChI is InChI=1S/C8H10FNO3/c9-6-3-10-2-1-5(6)8(13)7(12)4-11/h1-3,7-8,11-13H,4H2. The SMILES string of the molecule is OCC(O)C(O)c1ccncc1F. The van der Waals surface area contributed by atoms with E-state index >= 15 is 0 Å². The number of rotatable bonds is 3. The van der Waals surface area contributed by atoms with Gasteiger partial charge in [0.1, 0.15) is 18.0 Å². The number of nitrogens with zero attached hydrogens (tertiary/aromatic N) is 1. The summed E-state index contributed by atoms with van der Waals surface area (Å²) < 4.78 is 12.9. The molecular weight excluding hydrogens is 177 g/mol. The minimum absolute atomic E-state index is 0.0726. The minimum Gasteiger partial charge on any atom is -0.394 e. The van der Waals surface area contributed by atoms with Crippen LogP contribution >= 0.6 is 0 Å². The highest BCUT2D eigenvalue weighted by atomic mass is 19.1. The van der Waals surface area contributed by atoms with E-state index in [1.165, 1.54) is 12.3 Å². The molecule has 0 aliphatic heterocycles. The van der Waals surface area contributed by atoms with Crippen LogP contribution in [0.4, 0.5) is 4.39 Å². The Kier molecular flexibility index (Phi) is 3.30. The summed E-state index contributed by atoms with van der Waals surface area (Å²) in [5.74, 6) is -0.706. The molecule has 2 atom stereocenters. The quantitative estimate of drug-likeness (QED) is 0.602. The summed E-state index contributed by atoms with van der Waals surface area (Å²) in [5.41, 5.74) is -0.0726. The van der Waals surface area contributed by atoms with Gasteiger partial charge in [0.05, 0.1) is 12.8 Å². The Morgan fingerprint density at radius 3 is 2.69 bits per heavy atom. The average Bonchev–Trinajstić information content (AvgIpc) is 2.16. The van der Waals surface area contributed by atoms with Crippen molar-refractivity contribution in [2.45, 2.75) is 12.2 Å². The predicted molar refractivity (Wildman–Crippen MR) is 42.2 cm³/mol. The lowest BCUT2D eigenvalue weighted by atomic mass is 10.1. The average molecular weight is 187 g/mol. The summed E-state index contributed by atoms with van der Waals surface area (Å²) in [4.78, 5) is 3.48. The van der Waals surface area contributed by atoms with Crippen LogP contribution < -0.4 is 0 Å². The molecule has 1 rings (SSSR count). The van der Waals surface area contributed by atoms with Crippen molar-refractivity contribution in [1.29, 1.82) is 0 Å². The fourth-order valence-corrected chi connectivity index (χ4v) is 0.933. The van der Waals surface area contributed by atoms with Crippen LogP contribution in [0.15, 0.2) is 18.5 Å². The van der Waals surface area contributed by atoms with E-state index < -0.39 is 24.6 Å². The summed E-state index contributed by atoms with van der Waals surface area (Å²) in [7, 11) is 0. The highest BCUT2D eigenvalue weighted by Crippen LogP contribution is 2.18. The first-order valence-electron chi connectivity index (χ1n) is 3.73. The van der Waals surface area contributed by atoms with Crippen LogP contribution in [0.2, 0.25) is 0 Å². The Morgan fingerprint density at radius 2 is 2.15 bits per heavy atom. The van der Waals surface area contributed by atoms with E-state index in [0.29, 0.717) is 0 Å². The van der Waals surface area contributed by atoms with Crippen molar-refractivity contribution < 1.29 is 19.7 Å². The second kappa shape index (κ2) is 4.27. The molecular formula is C8H10FNO3. The Bertz CT molecular complexity index is 282. The van der Waals surface area contributed by atoms with Crippen LogP contribution in [0.25, 0.3) is 0 Å². The van der Waals surface area contributed by atoms with Gasteiger partial charge < -0.3 is 15.3 Å². The Hall–Kier alpha value is -1.04. The molecule has 3 N–H and O–H groups in total. The second-order valence-corrected chi connectivity index (χ2v) is 2.59. The molecule has 13 heavy (non-hydrogen) atoms.